The molecule has 1 aliphatic carbocycles. The van der Waals surface area contributed by atoms with Gasteiger partial charge in [-0.25, -0.2) is 0 Å². The lowest BCUT2D eigenvalue weighted by Gasteiger charge is -2.49. The maximum Gasteiger partial charge on any atom is 0.0670 e. The van der Waals surface area contributed by atoms with Crippen LogP contribution >= 0.6 is 0 Å². The van der Waals surface area contributed by atoms with Crippen molar-refractivity contribution < 1.29 is 4.74 Å². The summed E-state index contributed by atoms with van der Waals surface area (Å²) < 4.78 is 5.53. The number of hydrogen-bond acceptors (Lipinski definition) is 3. The van der Waals surface area contributed by atoms with Crippen LogP contribution in [0, 0.1) is 5.92 Å². The molecule has 1 aliphatic heterocycles. The lowest BCUT2D eigenvalue weighted by molar-refractivity contribution is -0.00469. The number of nitrogens with one attached hydrogen (secondary N) is 1. The molecule has 3 unspecified atom stereocenters. The molecule has 3 rings (SSSR count). The third-order valence-electron chi connectivity index (χ3n) is 5.29. The number of methoxy groups -OCH3 is 1. The Bertz CT molecular complexity index is 460. The summed E-state index contributed by atoms with van der Waals surface area (Å²) in [4.78, 5) is 2.63. The predicted molar refractivity (Wildman–Crippen MR) is 86.4 cm³/mol. The highest BCUT2D eigenvalue weighted by molar-refractivity contribution is 5.25. The first-order chi connectivity index (χ1) is 10.1. The number of piperazine rings is 1. The predicted octanol–water partition coefficient (Wildman–Crippen LogP) is 2.62. The lowest BCUT2D eigenvalue weighted by atomic mass is 9.86. The second kappa shape index (κ2) is 6.07. The van der Waals surface area contributed by atoms with Crippen molar-refractivity contribution in [1.82, 2.24) is 10.2 Å². The summed E-state index contributed by atoms with van der Waals surface area (Å²) in [5, 5.41) is 3.81. The molecule has 0 aromatic heterocycles. The van der Waals surface area contributed by atoms with Gasteiger partial charge in [-0.1, -0.05) is 30.3 Å². The number of ether oxygens (including phenoxy) is 1. The van der Waals surface area contributed by atoms with Gasteiger partial charge in [0.15, 0.2) is 0 Å². The van der Waals surface area contributed by atoms with E-state index in [1.807, 2.05) is 7.11 Å². The molecule has 1 aromatic rings. The summed E-state index contributed by atoms with van der Waals surface area (Å²) in [5.41, 5.74) is 1.45. The Labute approximate surface area is 128 Å². The van der Waals surface area contributed by atoms with E-state index in [2.05, 4.69) is 54.4 Å². The summed E-state index contributed by atoms with van der Waals surface area (Å²) in [6.07, 6.45) is 3.06. The molecule has 1 saturated carbocycles. The third kappa shape index (κ3) is 3.15. The highest BCUT2D eigenvalue weighted by atomic mass is 16.5. The molecule has 0 spiro atoms. The zero-order valence-electron chi connectivity index (χ0n) is 13.5. The van der Waals surface area contributed by atoms with Gasteiger partial charge in [-0.3, -0.25) is 4.90 Å². The van der Waals surface area contributed by atoms with Gasteiger partial charge >= 0.3 is 0 Å². The average Bonchev–Trinajstić information content (AvgIpc) is 3.35. The van der Waals surface area contributed by atoms with Gasteiger partial charge in [0.05, 0.1) is 11.6 Å². The minimum atomic E-state index is 0.0550. The topological polar surface area (TPSA) is 24.5 Å². The van der Waals surface area contributed by atoms with E-state index in [1.54, 1.807) is 0 Å². The SMILES string of the molecule is COC(C)CN1CC(C2CC2)NCC1(C)c1ccccc1. The Morgan fingerprint density at radius 3 is 2.67 bits per heavy atom. The smallest absolute Gasteiger partial charge is 0.0670 e. The zero-order valence-corrected chi connectivity index (χ0v) is 13.5. The van der Waals surface area contributed by atoms with Crippen LogP contribution in [0.2, 0.25) is 0 Å². The van der Waals surface area contributed by atoms with E-state index in [-0.39, 0.29) is 11.6 Å². The van der Waals surface area contributed by atoms with Crippen molar-refractivity contribution in [3.05, 3.63) is 35.9 Å². The van der Waals surface area contributed by atoms with Crippen molar-refractivity contribution in [2.45, 2.75) is 44.4 Å². The largest absolute Gasteiger partial charge is 0.380 e. The molecule has 3 nitrogen and oxygen atoms in total. The van der Waals surface area contributed by atoms with Crippen molar-refractivity contribution in [2.75, 3.05) is 26.7 Å². The molecule has 1 aromatic carbocycles. The van der Waals surface area contributed by atoms with Crippen LogP contribution in [0.25, 0.3) is 0 Å². The first-order valence-corrected chi connectivity index (χ1v) is 8.20. The van der Waals surface area contributed by atoms with E-state index >= 15 is 0 Å². The van der Waals surface area contributed by atoms with Crippen LogP contribution in [0.4, 0.5) is 0 Å². The van der Waals surface area contributed by atoms with E-state index in [0.717, 1.165) is 25.6 Å². The number of benzene rings is 1. The second-order valence-electron chi connectivity index (χ2n) is 6.92. The summed E-state index contributed by atoms with van der Waals surface area (Å²) in [5.74, 6) is 0.894. The maximum absolute atomic E-state index is 5.53. The van der Waals surface area contributed by atoms with Gasteiger partial charge in [0.2, 0.25) is 0 Å². The summed E-state index contributed by atoms with van der Waals surface area (Å²) in [6, 6.07) is 11.5. The van der Waals surface area contributed by atoms with Crippen molar-refractivity contribution in [1.29, 1.82) is 0 Å². The Balaban J connectivity index is 1.82. The van der Waals surface area contributed by atoms with E-state index in [9.17, 15) is 0 Å². The molecule has 2 aliphatic rings. The Morgan fingerprint density at radius 2 is 2.05 bits per heavy atom. The van der Waals surface area contributed by atoms with Gasteiger partial charge in [0, 0.05) is 32.8 Å². The quantitative estimate of drug-likeness (QED) is 0.901. The Hall–Kier alpha value is -0.900. The van der Waals surface area contributed by atoms with E-state index in [4.69, 9.17) is 4.74 Å². The highest BCUT2D eigenvalue weighted by Gasteiger charge is 2.43. The lowest BCUT2D eigenvalue weighted by Crippen LogP contribution is -2.63. The molecule has 3 atom stereocenters. The molecule has 1 saturated heterocycles. The van der Waals surface area contributed by atoms with Crippen LogP contribution in [0.5, 0.6) is 0 Å². The van der Waals surface area contributed by atoms with Crippen molar-refractivity contribution in [3.63, 3.8) is 0 Å². The van der Waals surface area contributed by atoms with Crippen LogP contribution in [0.1, 0.15) is 32.3 Å². The van der Waals surface area contributed by atoms with E-state index in [1.165, 1.54) is 18.4 Å². The molecule has 116 valence electrons. The molecule has 3 heteroatoms. The second-order valence-corrected chi connectivity index (χ2v) is 6.92. The third-order valence-corrected chi connectivity index (χ3v) is 5.29. The fourth-order valence-corrected chi connectivity index (χ4v) is 3.50. The van der Waals surface area contributed by atoms with Crippen LogP contribution < -0.4 is 5.32 Å². The fraction of sp³-hybridized carbons (Fsp3) is 0.667. The molecular weight excluding hydrogens is 260 g/mol. The standard InChI is InChI=1S/C18H28N2O/c1-14(21-3)11-20-12-17(15-9-10-15)19-13-18(20,2)16-7-5-4-6-8-16/h4-8,14-15,17,19H,9-13H2,1-3H3. The molecule has 2 fully saturated rings. The van der Waals surface area contributed by atoms with Gasteiger partial charge in [-0.2, -0.15) is 0 Å². The minimum Gasteiger partial charge on any atom is -0.380 e. The first kappa shape index (κ1) is 15.0. The van der Waals surface area contributed by atoms with Crippen LogP contribution in [-0.4, -0.2) is 43.8 Å². The Kier molecular flexibility index (Phi) is 4.34. The summed E-state index contributed by atoms with van der Waals surface area (Å²) in [6.45, 7) is 7.67. The van der Waals surface area contributed by atoms with Gasteiger partial charge in [0.25, 0.3) is 0 Å². The normalized spacial score (nSPS) is 32.0. The Morgan fingerprint density at radius 1 is 1.33 bits per heavy atom. The molecule has 0 amide bonds. The van der Waals surface area contributed by atoms with E-state index in [0.29, 0.717) is 6.04 Å². The van der Waals surface area contributed by atoms with Crippen molar-refractivity contribution in [2.24, 2.45) is 5.92 Å². The molecule has 1 heterocycles. The fourth-order valence-electron chi connectivity index (χ4n) is 3.50. The van der Waals surface area contributed by atoms with E-state index < -0.39 is 0 Å². The summed E-state index contributed by atoms with van der Waals surface area (Å²) in [7, 11) is 1.81. The molecule has 0 radical (unpaired) electrons. The van der Waals surface area contributed by atoms with Crippen LogP contribution in [0.3, 0.4) is 0 Å². The molecular formula is C18H28N2O. The van der Waals surface area contributed by atoms with Gasteiger partial charge in [-0.05, 0) is 38.2 Å². The molecule has 1 N–H and O–H groups in total. The van der Waals surface area contributed by atoms with Crippen molar-refractivity contribution in [3.8, 4) is 0 Å². The zero-order chi connectivity index (χ0) is 14.9. The monoisotopic (exact) mass is 288 g/mol. The number of nitrogens with zero attached hydrogens (tertiary/aromatic N) is 1. The minimum absolute atomic E-state index is 0.0550. The molecule has 21 heavy (non-hydrogen) atoms. The average molecular weight is 288 g/mol. The van der Waals surface area contributed by atoms with Gasteiger partial charge in [-0.15, -0.1) is 0 Å². The van der Waals surface area contributed by atoms with Gasteiger partial charge < -0.3 is 10.1 Å². The maximum atomic E-state index is 5.53. The van der Waals surface area contributed by atoms with Crippen LogP contribution in [-0.2, 0) is 10.3 Å². The first-order valence-electron chi connectivity index (χ1n) is 8.20. The van der Waals surface area contributed by atoms with Gasteiger partial charge in [0.1, 0.15) is 0 Å². The highest BCUT2D eigenvalue weighted by Crippen LogP contribution is 2.38. The van der Waals surface area contributed by atoms with Crippen molar-refractivity contribution >= 4 is 0 Å². The summed E-state index contributed by atoms with van der Waals surface area (Å²) >= 11 is 0. The number of hydrogen-bond donors (Lipinski definition) is 1. The van der Waals surface area contributed by atoms with Crippen LogP contribution in [0.15, 0.2) is 30.3 Å². The number of rotatable bonds is 5. The molecule has 0 bridgehead atoms.